The summed E-state index contributed by atoms with van der Waals surface area (Å²) in [5.74, 6) is 0.488. The van der Waals surface area contributed by atoms with Gasteiger partial charge in [-0.3, -0.25) is 0 Å². The Morgan fingerprint density at radius 1 is 1.55 bits per heavy atom. The van der Waals surface area contributed by atoms with Crippen LogP contribution in [-0.2, 0) is 0 Å². The van der Waals surface area contributed by atoms with Crippen molar-refractivity contribution < 1.29 is 5.11 Å². The molecule has 0 radical (unpaired) electrons. The minimum absolute atomic E-state index is 0.122. The van der Waals surface area contributed by atoms with Crippen LogP contribution < -0.4 is 0 Å². The van der Waals surface area contributed by atoms with Crippen LogP contribution in [-0.4, -0.2) is 19.3 Å². The van der Waals surface area contributed by atoms with Gasteiger partial charge in [0, 0.05) is 0 Å². The zero-order chi connectivity index (χ0) is 8.65. The first-order valence-electron chi connectivity index (χ1n) is 4.30. The minimum Gasteiger partial charge on any atom is -0.393 e. The molecule has 1 rings (SSSR count). The maximum atomic E-state index is 9.54. The van der Waals surface area contributed by atoms with Crippen molar-refractivity contribution in [1.29, 1.82) is 0 Å². The Hall–Kier alpha value is -0.0831. The van der Waals surface area contributed by atoms with Crippen LogP contribution in [0.3, 0.4) is 0 Å². The van der Waals surface area contributed by atoms with E-state index in [-0.39, 0.29) is 6.10 Å². The fraction of sp³-hybridized carbons (Fsp3) is 0.778. The van der Waals surface area contributed by atoms with E-state index in [1.165, 1.54) is 11.2 Å². The van der Waals surface area contributed by atoms with E-state index in [0.717, 1.165) is 6.42 Å². The van der Waals surface area contributed by atoms with Crippen LogP contribution in [0.15, 0.2) is 11.8 Å². The minimum atomic E-state index is -1.15. The molecule has 1 heterocycles. The summed E-state index contributed by atoms with van der Waals surface area (Å²) in [4.78, 5) is 0. The lowest BCUT2D eigenvalue weighted by molar-refractivity contribution is 0.121. The van der Waals surface area contributed by atoms with Crippen molar-refractivity contribution in [2.24, 2.45) is 5.92 Å². The van der Waals surface area contributed by atoms with Gasteiger partial charge in [-0.2, -0.15) is 0 Å². The Kier molecular flexibility index (Phi) is 2.26. The number of hydrogen-bond donors (Lipinski definition) is 1. The summed E-state index contributed by atoms with van der Waals surface area (Å²) in [6.45, 7) is 10.9. The molecule has 1 nitrogen and oxygen atoms in total. The van der Waals surface area contributed by atoms with E-state index in [9.17, 15) is 5.11 Å². The van der Waals surface area contributed by atoms with Crippen LogP contribution in [0.4, 0.5) is 0 Å². The Balaban J connectivity index is 2.71. The maximum absolute atomic E-state index is 9.54. The summed E-state index contributed by atoms with van der Waals surface area (Å²) < 4.78 is 0. The molecular formula is C9H18OSi. The maximum Gasteiger partial charge on any atom is 0.0751 e. The SMILES string of the molecule is C=C1C[C@H](O)[C@@H](C)C[Si]1(C)C. The molecule has 1 saturated heterocycles. The average Bonchev–Trinajstić information content (AvgIpc) is 1.83. The van der Waals surface area contributed by atoms with Crippen molar-refractivity contribution in [3.8, 4) is 0 Å². The van der Waals surface area contributed by atoms with E-state index in [1.54, 1.807) is 0 Å². The van der Waals surface area contributed by atoms with Crippen LogP contribution in [0.2, 0.25) is 19.1 Å². The van der Waals surface area contributed by atoms with Crippen LogP contribution in [0.1, 0.15) is 13.3 Å². The zero-order valence-corrected chi connectivity index (χ0v) is 8.72. The molecule has 1 N–H and O–H groups in total. The van der Waals surface area contributed by atoms with E-state index >= 15 is 0 Å². The van der Waals surface area contributed by atoms with Gasteiger partial charge in [-0.15, -0.1) is 6.58 Å². The summed E-state index contributed by atoms with van der Waals surface area (Å²) in [6.07, 6.45) is 0.725. The van der Waals surface area contributed by atoms with E-state index in [0.29, 0.717) is 5.92 Å². The van der Waals surface area contributed by atoms with Gasteiger partial charge in [0.05, 0.1) is 14.2 Å². The molecule has 0 amide bonds. The quantitative estimate of drug-likeness (QED) is 0.553. The molecule has 64 valence electrons. The van der Waals surface area contributed by atoms with Gasteiger partial charge in [-0.05, 0) is 18.4 Å². The number of hydrogen-bond acceptors (Lipinski definition) is 1. The molecule has 0 aliphatic carbocycles. The van der Waals surface area contributed by atoms with Gasteiger partial charge in [-0.25, -0.2) is 0 Å². The number of rotatable bonds is 0. The first-order valence-corrected chi connectivity index (χ1v) is 7.50. The Labute approximate surface area is 70.1 Å². The van der Waals surface area contributed by atoms with Crippen LogP contribution >= 0.6 is 0 Å². The molecular weight excluding hydrogens is 152 g/mol. The summed E-state index contributed by atoms with van der Waals surface area (Å²) in [6, 6.07) is 1.20. The average molecular weight is 170 g/mol. The molecule has 2 heteroatoms. The predicted molar refractivity (Wildman–Crippen MR) is 51.2 cm³/mol. The fourth-order valence-electron chi connectivity index (χ4n) is 1.82. The molecule has 0 aromatic rings. The highest BCUT2D eigenvalue weighted by atomic mass is 28.3. The second-order valence-electron chi connectivity index (χ2n) is 4.44. The van der Waals surface area contributed by atoms with E-state index in [2.05, 4.69) is 26.6 Å². The molecule has 1 fully saturated rings. The Morgan fingerprint density at radius 2 is 2.09 bits per heavy atom. The van der Waals surface area contributed by atoms with Crippen LogP contribution in [0, 0.1) is 5.92 Å². The molecule has 0 aromatic heterocycles. The molecule has 0 saturated carbocycles. The van der Waals surface area contributed by atoms with Gasteiger partial charge in [0.2, 0.25) is 0 Å². The number of aliphatic hydroxyl groups is 1. The largest absolute Gasteiger partial charge is 0.393 e. The van der Waals surface area contributed by atoms with Crippen LogP contribution in [0.5, 0.6) is 0 Å². The van der Waals surface area contributed by atoms with E-state index < -0.39 is 8.07 Å². The molecule has 0 unspecified atom stereocenters. The van der Waals surface area contributed by atoms with Gasteiger partial charge in [0.1, 0.15) is 0 Å². The third-order valence-electron chi connectivity index (χ3n) is 2.90. The monoisotopic (exact) mass is 170 g/mol. The summed E-state index contributed by atoms with van der Waals surface area (Å²) in [5.41, 5.74) is 0. The lowest BCUT2D eigenvalue weighted by Gasteiger charge is -2.37. The standard InChI is InChI=1S/C9H18OSi/c1-7-6-11(3,4)8(2)5-9(7)10/h7,9-10H,2,5-6H2,1,3-4H3/t7-,9-/m0/s1. The molecule has 11 heavy (non-hydrogen) atoms. The zero-order valence-electron chi connectivity index (χ0n) is 7.72. The fourth-order valence-corrected chi connectivity index (χ4v) is 4.75. The molecule has 2 atom stereocenters. The van der Waals surface area contributed by atoms with Gasteiger partial charge in [0.15, 0.2) is 0 Å². The van der Waals surface area contributed by atoms with E-state index in [4.69, 9.17) is 0 Å². The highest BCUT2D eigenvalue weighted by Crippen LogP contribution is 2.34. The second kappa shape index (κ2) is 2.76. The molecule has 1 aliphatic rings. The molecule has 0 aromatic carbocycles. The first kappa shape index (κ1) is 9.01. The molecule has 1 aliphatic heterocycles. The van der Waals surface area contributed by atoms with Crippen molar-refractivity contribution in [3.05, 3.63) is 11.8 Å². The normalized spacial score (nSPS) is 37.3. The smallest absolute Gasteiger partial charge is 0.0751 e. The summed E-state index contributed by atoms with van der Waals surface area (Å²) in [7, 11) is -1.15. The third kappa shape index (κ3) is 1.74. The van der Waals surface area contributed by atoms with Gasteiger partial charge >= 0.3 is 0 Å². The summed E-state index contributed by atoms with van der Waals surface area (Å²) >= 11 is 0. The number of aliphatic hydroxyl groups excluding tert-OH is 1. The Bertz CT molecular complexity index is 174. The highest BCUT2D eigenvalue weighted by Gasteiger charge is 2.35. The van der Waals surface area contributed by atoms with Gasteiger partial charge < -0.3 is 5.11 Å². The topological polar surface area (TPSA) is 20.2 Å². The summed E-state index contributed by atoms with van der Waals surface area (Å²) in [5, 5.41) is 10.9. The van der Waals surface area contributed by atoms with Crippen molar-refractivity contribution in [2.75, 3.05) is 0 Å². The first-order chi connectivity index (χ1) is 4.93. The van der Waals surface area contributed by atoms with Gasteiger partial charge in [0.25, 0.3) is 0 Å². The second-order valence-corrected chi connectivity index (χ2v) is 9.32. The lowest BCUT2D eigenvalue weighted by atomic mass is 10.0. The predicted octanol–water partition coefficient (Wildman–Crippen LogP) is 2.19. The third-order valence-corrected chi connectivity index (χ3v) is 6.68. The van der Waals surface area contributed by atoms with E-state index in [1.807, 2.05) is 0 Å². The lowest BCUT2D eigenvalue weighted by Crippen LogP contribution is -2.41. The van der Waals surface area contributed by atoms with Crippen molar-refractivity contribution in [1.82, 2.24) is 0 Å². The van der Waals surface area contributed by atoms with Crippen LogP contribution in [0.25, 0.3) is 0 Å². The highest BCUT2D eigenvalue weighted by molar-refractivity contribution is 6.84. The Morgan fingerprint density at radius 3 is 2.55 bits per heavy atom. The molecule has 0 bridgehead atoms. The van der Waals surface area contributed by atoms with Crippen molar-refractivity contribution in [3.63, 3.8) is 0 Å². The van der Waals surface area contributed by atoms with Crippen molar-refractivity contribution in [2.45, 2.75) is 38.6 Å². The van der Waals surface area contributed by atoms with Crippen molar-refractivity contribution >= 4 is 8.07 Å². The molecule has 0 spiro atoms. The van der Waals surface area contributed by atoms with Gasteiger partial charge in [-0.1, -0.05) is 25.2 Å².